The number of sulfone groups is 1. The summed E-state index contributed by atoms with van der Waals surface area (Å²) in [6.45, 7) is 7.52. The molecule has 2 atom stereocenters. The van der Waals surface area contributed by atoms with Crippen molar-refractivity contribution in [1.29, 1.82) is 0 Å². The fourth-order valence-corrected chi connectivity index (χ4v) is 3.62. The highest BCUT2D eigenvalue weighted by Gasteiger charge is 2.45. The molecule has 2 unspecified atom stereocenters. The molecule has 0 spiro atoms. The van der Waals surface area contributed by atoms with E-state index >= 15 is 0 Å². The number of piperazine rings is 1. The Kier molecular flexibility index (Phi) is 4.04. The van der Waals surface area contributed by atoms with Crippen LogP contribution in [0.3, 0.4) is 0 Å². The first-order valence-corrected chi connectivity index (χ1v) is 9.03. The van der Waals surface area contributed by atoms with Gasteiger partial charge in [-0.3, -0.25) is 4.90 Å². The van der Waals surface area contributed by atoms with E-state index in [1.54, 1.807) is 0 Å². The molecule has 5 heteroatoms. The Morgan fingerprint density at radius 1 is 1.39 bits per heavy atom. The maximum Gasteiger partial charge on any atom is 0.147 e. The third kappa shape index (κ3) is 3.68. The van der Waals surface area contributed by atoms with Gasteiger partial charge in [-0.15, -0.1) is 0 Å². The zero-order chi connectivity index (χ0) is 13.4. The van der Waals surface area contributed by atoms with Crippen LogP contribution in [0.4, 0.5) is 0 Å². The predicted octanol–water partition coefficient (Wildman–Crippen LogP) is 0.884. The number of hydrogen-bond acceptors (Lipinski definition) is 4. The monoisotopic (exact) mass is 274 g/mol. The number of nitrogens with zero attached hydrogens (tertiary/aromatic N) is 1. The molecule has 4 nitrogen and oxygen atoms in total. The van der Waals surface area contributed by atoms with Gasteiger partial charge in [0.1, 0.15) is 9.84 Å². The van der Waals surface area contributed by atoms with E-state index in [-0.39, 0.29) is 5.54 Å². The van der Waals surface area contributed by atoms with E-state index in [9.17, 15) is 8.42 Å². The van der Waals surface area contributed by atoms with E-state index in [0.717, 1.165) is 32.0 Å². The minimum absolute atomic E-state index is 0.248. The topological polar surface area (TPSA) is 49.4 Å². The molecule has 0 aromatic heterocycles. The highest BCUT2D eigenvalue weighted by Crippen LogP contribution is 2.41. The van der Waals surface area contributed by atoms with Crippen molar-refractivity contribution < 1.29 is 8.42 Å². The molecule has 1 heterocycles. The van der Waals surface area contributed by atoms with Gasteiger partial charge in [-0.25, -0.2) is 8.42 Å². The quantitative estimate of drug-likeness (QED) is 0.809. The third-order valence-electron chi connectivity index (χ3n) is 4.40. The van der Waals surface area contributed by atoms with Crippen LogP contribution in [0.25, 0.3) is 0 Å². The molecule has 0 aromatic carbocycles. The number of hydrogen-bond donors (Lipinski definition) is 1. The fourth-order valence-electron chi connectivity index (χ4n) is 2.97. The molecule has 0 bridgehead atoms. The van der Waals surface area contributed by atoms with Crippen LogP contribution in [0.2, 0.25) is 0 Å². The first kappa shape index (κ1) is 14.3. The van der Waals surface area contributed by atoms with Gasteiger partial charge in [0.05, 0.1) is 5.75 Å². The molecule has 2 fully saturated rings. The van der Waals surface area contributed by atoms with E-state index in [0.29, 0.717) is 11.8 Å². The van der Waals surface area contributed by atoms with Crippen molar-refractivity contribution >= 4 is 9.84 Å². The first-order valence-electron chi connectivity index (χ1n) is 6.97. The lowest BCUT2D eigenvalue weighted by atomic mass is 9.91. The zero-order valence-electron chi connectivity index (χ0n) is 11.8. The lowest BCUT2D eigenvalue weighted by Crippen LogP contribution is -2.63. The summed E-state index contributed by atoms with van der Waals surface area (Å²) >= 11 is 0. The molecule has 0 amide bonds. The van der Waals surface area contributed by atoms with Crippen LogP contribution in [0, 0.1) is 5.92 Å². The molecular formula is C13H26N2O2S. The molecule has 2 aliphatic rings. The van der Waals surface area contributed by atoms with Crippen LogP contribution in [0.15, 0.2) is 0 Å². The highest BCUT2D eigenvalue weighted by atomic mass is 32.2. The summed E-state index contributed by atoms with van der Waals surface area (Å²) in [4.78, 5) is 2.46. The zero-order valence-corrected chi connectivity index (χ0v) is 12.6. The third-order valence-corrected chi connectivity index (χ3v) is 5.43. The van der Waals surface area contributed by atoms with Crippen molar-refractivity contribution in [2.45, 2.75) is 44.7 Å². The molecule has 2 rings (SSSR count). The van der Waals surface area contributed by atoms with Crippen LogP contribution in [-0.4, -0.2) is 56.5 Å². The molecule has 0 radical (unpaired) electrons. The standard InChI is InChI=1S/C13H26N2O2S/c1-11-9-14-13(2,12-5-6-12)10-15(11)7-4-8-18(3,16)17/h11-12,14H,4-10H2,1-3H3. The van der Waals surface area contributed by atoms with Gasteiger partial charge in [-0.2, -0.15) is 0 Å². The maximum atomic E-state index is 11.2. The van der Waals surface area contributed by atoms with Crippen molar-refractivity contribution in [1.82, 2.24) is 10.2 Å². The number of nitrogens with one attached hydrogen (secondary N) is 1. The molecule has 1 N–H and O–H groups in total. The Labute approximate surface area is 111 Å². The molecule has 1 saturated carbocycles. The second-order valence-corrected chi connectivity index (χ2v) is 8.64. The molecule has 0 aromatic rings. The fraction of sp³-hybridized carbons (Fsp3) is 1.00. The average Bonchev–Trinajstić information content (AvgIpc) is 3.05. The van der Waals surface area contributed by atoms with Crippen LogP contribution in [0.1, 0.15) is 33.1 Å². The molecule has 1 aliphatic carbocycles. The van der Waals surface area contributed by atoms with Gasteiger partial charge in [0.15, 0.2) is 0 Å². The lowest BCUT2D eigenvalue weighted by molar-refractivity contribution is 0.0837. The van der Waals surface area contributed by atoms with Gasteiger partial charge in [-0.1, -0.05) is 0 Å². The maximum absolute atomic E-state index is 11.2. The van der Waals surface area contributed by atoms with Crippen molar-refractivity contribution in [3.05, 3.63) is 0 Å². The minimum atomic E-state index is -2.82. The summed E-state index contributed by atoms with van der Waals surface area (Å²) in [5.74, 6) is 1.13. The summed E-state index contributed by atoms with van der Waals surface area (Å²) in [5.41, 5.74) is 0.248. The SMILES string of the molecule is CC1CNC(C)(C2CC2)CN1CCCS(C)(=O)=O. The molecule has 1 saturated heterocycles. The van der Waals surface area contributed by atoms with E-state index in [1.807, 2.05) is 0 Å². The Balaban J connectivity index is 1.86. The van der Waals surface area contributed by atoms with Crippen LogP contribution < -0.4 is 5.32 Å². The van der Waals surface area contributed by atoms with Gasteiger partial charge in [-0.05, 0) is 45.6 Å². The van der Waals surface area contributed by atoms with Crippen molar-refractivity contribution in [3.63, 3.8) is 0 Å². The Bertz CT molecular complexity index is 392. The first-order chi connectivity index (χ1) is 8.30. The normalized spacial score (nSPS) is 34.7. The van der Waals surface area contributed by atoms with E-state index in [4.69, 9.17) is 0 Å². The highest BCUT2D eigenvalue weighted by molar-refractivity contribution is 7.90. The predicted molar refractivity (Wildman–Crippen MR) is 74.5 cm³/mol. The summed E-state index contributed by atoms with van der Waals surface area (Å²) in [5, 5.41) is 3.68. The molecule has 1 aliphatic heterocycles. The van der Waals surface area contributed by atoms with Crippen LogP contribution in [-0.2, 0) is 9.84 Å². The van der Waals surface area contributed by atoms with E-state index in [2.05, 4.69) is 24.1 Å². The van der Waals surface area contributed by atoms with E-state index < -0.39 is 9.84 Å². The van der Waals surface area contributed by atoms with Gasteiger partial charge >= 0.3 is 0 Å². The Hall–Kier alpha value is -0.130. The average molecular weight is 274 g/mol. The second-order valence-electron chi connectivity index (χ2n) is 6.38. The summed E-state index contributed by atoms with van der Waals surface area (Å²) < 4.78 is 22.3. The van der Waals surface area contributed by atoms with Gasteiger partial charge in [0.25, 0.3) is 0 Å². The molecule has 18 heavy (non-hydrogen) atoms. The summed E-state index contributed by atoms with van der Waals surface area (Å²) in [6, 6.07) is 0.511. The van der Waals surface area contributed by atoms with Crippen molar-refractivity contribution in [2.24, 2.45) is 5.92 Å². The van der Waals surface area contributed by atoms with Gasteiger partial charge < -0.3 is 5.32 Å². The van der Waals surface area contributed by atoms with Gasteiger partial charge in [0.2, 0.25) is 0 Å². The largest absolute Gasteiger partial charge is 0.308 e. The Morgan fingerprint density at radius 3 is 2.61 bits per heavy atom. The summed E-state index contributed by atoms with van der Waals surface area (Å²) in [7, 11) is -2.82. The molecule has 106 valence electrons. The lowest BCUT2D eigenvalue weighted by Gasteiger charge is -2.45. The van der Waals surface area contributed by atoms with Crippen LogP contribution in [0.5, 0.6) is 0 Å². The summed E-state index contributed by atoms with van der Waals surface area (Å²) in [6.07, 6.45) is 4.76. The molecular weight excluding hydrogens is 248 g/mol. The van der Waals surface area contributed by atoms with Crippen LogP contribution >= 0.6 is 0 Å². The minimum Gasteiger partial charge on any atom is -0.308 e. The second kappa shape index (κ2) is 5.10. The van der Waals surface area contributed by atoms with Crippen molar-refractivity contribution in [2.75, 3.05) is 31.6 Å². The van der Waals surface area contributed by atoms with E-state index in [1.165, 1.54) is 19.1 Å². The Morgan fingerprint density at radius 2 is 2.06 bits per heavy atom. The number of rotatable bonds is 5. The smallest absolute Gasteiger partial charge is 0.147 e. The van der Waals surface area contributed by atoms with Crippen molar-refractivity contribution in [3.8, 4) is 0 Å². The van der Waals surface area contributed by atoms with Gasteiger partial charge in [0, 0.05) is 30.9 Å².